The van der Waals surface area contributed by atoms with Gasteiger partial charge in [-0.3, -0.25) is 0 Å². The average Bonchev–Trinajstić information content (AvgIpc) is 3.17. The van der Waals surface area contributed by atoms with Gasteiger partial charge in [0.15, 0.2) is 24.1 Å². The van der Waals surface area contributed by atoms with Crippen LogP contribution in [0.4, 0.5) is 8.78 Å². The minimum Gasteiger partial charge on any atom is -0.420 e. The Labute approximate surface area is 315 Å². The molecule has 2 aliphatic rings. The summed E-state index contributed by atoms with van der Waals surface area (Å²) in [5, 5.41) is 0. The molecule has 290 valence electrons. The molecule has 0 saturated carbocycles. The Morgan fingerprint density at radius 2 is 1.25 bits per heavy atom. The van der Waals surface area contributed by atoms with Gasteiger partial charge in [-0.05, 0) is 56.0 Å². The third kappa shape index (κ3) is 11.4. The molecule has 0 N–H and O–H groups in total. The minimum atomic E-state index is -1.27. The molecule has 3 aromatic carbocycles. The predicted octanol–water partition coefficient (Wildman–Crippen LogP) is 12.5. The van der Waals surface area contributed by atoms with Crippen LogP contribution in [0.5, 0.6) is 5.75 Å². The second-order valence-corrected chi connectivity index (χ2v) is 15.0. The van der Waals surface area contributed by atoms with E-state index < -0.39 is 35.9 Å². The van der Waals surface area contributed by atoms with Gasteiger partial charge in [-0.15, -0.1) is 0 Å². The summed E-state index contributed by atoms with van der Waals surface area (Å²) in [6, 6.07) is 17.4. The average molecular weight is 735 g/mol. The van der Waals surface area contributed by atoms with Crippen LogP contribution in [0.2, 0.25) is 0 Å². The Kier molecular flexibility index (Phi) is 16.3. The zero-order valence-electron chi connectivity index (χ0n) is 32.3. The largest absolute Gasteiger partial charge is 0.420 e. The van der Waals surface area contributed by atoms with E-state index in [0.29, 0.717) is 30.3 Å². The van der Waals surface area contributed by atoms with Gasteiger partial charge in [0.05, 0.1) is 31.0 Å². The van der Waals surface area contributed by atoms with Gasteiger partial charge in [-0.2, -0.15) is 4.39 Å². The highest BCUT2D eigenvalue weighted by molar-refractivity contribution is 5.98. The molecule has 6 nitrogen and oxygen atoms in total. The van der Waals surface area contributed by atoms with Crippen molar-refractivity contribution in [2.45, 2.75) is 142 Å². The van der Waals surface area contributed by atoms with Crippen LogP contribution in [-0.4, -0.2) is 31.4 Å². The standard InChI is InChI=1S/C45H60F2O6/c1-5-7-9-11-13-16-22-35-29-49-44(51-31(35)3)34-24-25-37(33-20-18-15-19-21-33)39(28-34)43(48)53-40-27-26-38(41(46)42(40)47)45-50-30-36(32(4)52-45)23-17-14-12-10-8-6-2/h15,18-21,24-28,31-32,35-36,44-45H,5-14,16-17,22-23,29-30H2,1-4H3. The Balaban J connectivity index is 1.24. The molecule has 2 aliphatic heterocycles. The monoisotopic (exact) mass is 734 g/mol. The topological polar surface area (TPSA) is 63.2 Å². The molecule has 6 unspecified atom stereocenters. The lowest BCUT2D eigenvalue weighted by Gasteiger charge is -2.35. The Morgan fingerprint density at radius 1 is 0.679 bits per heavy atom. The summed E-state index contributed by atoms with van der Waals surface area (Å²) in [6.45, 7) is 9.43. The maximum atomic E-state index is 15.6. The van der Waals surface area contributed by atoms with Crippen LogP contribution in [-0.2, 0) is 18.9 Å². The molecule has 8 heteroatoms. The summed E-state index contributed by atoms with van der Waals surface area (Å²) >= 11 is 0. The molecular formula is C45H60F2O6. The highest BCUT2D eigenvalue weighted by atomic mass is 19.2. The summed E-state index contributed by atoms with van der Waals surface area (Å²) in [5.41, 5.74) is 2.15. The molecule has 2 saturated heterocycles. The molecule has 2 fully saturated rings. The number of hydrogen-bond acceptors (Lipinski definition) is 6. The number of carbonyl (C=O) groups excluding carboxylic acids is 1. The van der Waals surface area contributed by atoms with Gasteiger partial charge in [-0.25, -0.2) is 9.18 Å². The maximum absolute atomic E-state index is 15.6. The SMILES string of the molecule is CCCCCCCCC1COC(c2ccc(-c3ccccc3)c(C(=O)Oc3ccc(C4OCC(CCCCCCCC)C(C)O4)c(F)c3F)c2)OC1C. The lowest BCUT2D eigenvalue weighted by atomic mass is 9.94. The lowest BCUT2D eigenvalue weighted by molar-refractivity contribution is -0.238. The summed E-state index contributed by atoms with van der Waals surface area (Å²) in [4.78, 5) is 13.8. The van der Waals surface area contributed by atoms with Gasteiger partial charge >= 0.3 is 5.97 Å². The Morgan fingerprint density at radius 3 is 1.85 bits per heavy atom. The molecule has 0 bridgehead atoms. The number of esters is 1. The third-order valence-corrected chi connectivity index (χ3v) is 10.9. The molecule has 6 atom stereocenters. The fraction of sp³-hybridized carbons (Fsp3) is 0.578. The molecule has 0 spiro atoms. The normalized spacial score (nSPS) is 23.2. The van der Waals surface area contributed by atoms with E-state index in [2.05, 4.69) is 20.8 Å². The zero-order chi connectivity index (χ0) is 37.6. The fourth-order valence-corrected chi connectivity index (χ4v) is 7.44. The smallest absolute Gasteiger partial charge is 0.344 e. The van der Waals surface area contributed by atoms with Crippen LogP contribution in [0.1, 0.15) is 152 Å². The molecule has 3 aromatic rings. The molecule has 0 aromatic heterocycles. The Bertz CT molecular complexity index is 1560. The minimum absolute atomic E-state index is 0.0181. The van der Waals surface area contributed by atoms with Crippen LogP contribution in [0, 0.1) is 23.5 Å². The van der Waals surface area contributed by atoms with E-state index >= 15 is 8.78 Å². The number of rotatable bonds is 19. The first kappa shape index (κ1) is 41.0. The first-order valence-electron chi connectivity index (χ1n) is 20.2. The second kappa shape index (κ2) is 21.1. The van der Waals surface area contributed by atoms with E-state index in [9.17, 15) is 4.79 Å². The molecule has 0 aliphatic carbocycles. The molecule has 0 amide bonds. The van der Waals surface area contributed by atoms with Crippen LogP contribution in [0.25, 0.3) is 11.1 Å². The van der Waals surface area contributed by atoms with E-state index in [1.165, 1.54) is 76.3 Å². The quantitative estimate of drug-likeness (QED) is 0.0694. The van der Waals surface area contributed by atoms with Crippen LogP contribution >= 0.6 is 0 Å². The van der Waals surface area contributed by atoms with Crippen molar-refractivity contribution in [1.82, 2.24) is 0 Å². The fourth-order valence-electron chi connectivity index (χ4n) is 7.44. The van der Waals surface area contributed by atoms with Gasteiger partial charge in [0.1, 0.15) is 0 Å². The van der Waals surface area contributed by atoms with Crippen LogP contribution in [0.15, 0.2) is 60.7 Å². The number of halogens is 2. The van der Waals surface area contributed by atoms with Crippen molar-refractivity contribution in [2.75, 3.05) is 13.2 Å². The van der Waals surface area contributed by atoms with Crippen molar-refractivity contribution in [3.63, 3.8) is 0 Å². The highest BCUT2D eigenvalue weighted by Gasteiger charge is 2.34. The first-order chi connectivity index (χ1) is 25.8. The van der Waals surface area contributed by atoms with Crippen molar-refractivity contribution in [3.05, 3.63) is 89.0 Å². The van der Waals surface area contributed by atoms with E-state index in [0.717, 1.165) is 31.2 Å². The highest BCUT2D eigenvalue weighted by Crippen LogP contribution is 2.37. The van der Waals surface area contributed by atoms with Crippen molar-refractivity contribution in [1.29, 1.82) is 0 Å². The number of ether oxygens (including phenoxy) is 5. The van der Waals surface area contributed by atoms with E-state index in [4.69, 9.17) is 23.7 Å². The number of unbranched alkanes of at least 4 members (excludes halogenated alkanes) is 10. The van der Waals surface area contributed by atoms with Crippen molar-refractivity contribution in [2.24, 2.45) is 11.8 Å². The number of carbonyl (C=O) groups is 1. The van der Waals surface area contributed by atoms with Gasteiger partial charge in [0.25, 0.3) is 0 Å². The molecule has 2 heterocycles. The van der Waals surface area contributed by atoms with Gasteiger partial charge in [0.2, 0.25) is 5.82 Å². The maximum Gasteiger partial charge on any atom is 0.344 e. The van der Waals surface area contributed by atoms with Crippen molar-refractivity contribution in [3.8, 4) is 16.9 Å². The van der Waals surface area contributed by atoms with Gasteiger partial charge in [-0.1, -0.05) is 133 Å². The number of benzene rings is 3. The first-order valence-corrected chi connectivity index (χ1v) is 20.2. The van der Waals surface area contributed by atoms with E-state index in [1.54, 1.807) is 6.07 Å². The van der Waals surface area contributed by atoms with E-state index in [-0.39, 0.29) is 29.3 Å². The predicted molar refractivity (Wildman–Crippen MR) is 205 cm³/mol. The lowest BCUT2D eigenvalue weighted by Crippen LogP contribution is -2.34. The van der Waals surface area contributed by atoms with Crippen LogP contribution < -0.4 is 4.74 Å². The molecule has 0 radical (unpaired) electrons. The molecular weight excluding hydrogens is 674 g/mol. The molecule has 5 rings (SSSR count). The summed E-state index contributed by atoms with van der Waals surface area (Å²) < 4.78 is 61.2. The Hall–Kier alpha value is -3.17. The second-order valence-electron chi connectivity index (χ2n) is 15.0. The van der Waals surface area contributed by atoms with Crippen LogP contribution in [0.3, 0.4) is 0 Å². The van der Waals surface area contributed by atoms with E-state index in [1.807, 2.05) is 49.4 Å². The summed E-state index contributed by atoms with van der Waals surface area (Å²) in [7, 11) is 0. The molecule has 53 heavy (non-hydrogen) atoms. The third-order valence-electron chi connectivity index (χ3n) is 10.9. The number of hydrogen-bond donors (Lipinski definition) is 0. The zero-order valence-corrected chi connectivity index (χ0v) is 32.3. The summed E-state index contributed by atoms with van der Waals surface area (Å²) in [6.07, 6.45) is 14.8. The van der Waals surface area contributed by atoms with Crippen molar-refractivity contribution >= 4 is 5.97 Å². The summed E-state index contributed by atoms with van der Waals surface area (Å²) in [5.74, 6) is -3.27. The van der Waals surface area contributed by atoms with Gasteiger partial charge in [0, 0.05) is 23.0 Å². The van der Waals surface area contributed by atoms with Gasteiger partial charge < -0.3 is 23.7 Å². The van der Waals surface area contributed by atoms with Crippen molar-refractivity contribution < 1.29 is 37.3 Å².